The molecule has 150 valence electrons. The molecule has 0 radical (unpaired) electrons. The first-order valence-electron chi connectivity index (χ1n) is 9.79. The number of nitrogens with zero attached hydrogens (tertiary/aromatic N) is 2. The van der Waals surface area contributed by atoms with Gasteiger partial charge in [0.1, 0.15) is 11.5 Å². The molecule has 0 unspecified atom stereocenters. The molecular weight excluding hydrogens is 369 g/mol. The number of aromatic nitrogens is 1. The van der Waals surface area contributed by atoms with Crippen LogP contribution in [0.3, 0.4) is 0 Å². The van der Waals surface area contributed by atoms with Crippen LogP contribution in [0.25, 0.3) is 0 Å². The van der Waals surface area contributed by atoms with Crippen LogP contribution in [0, 0.1) is 18.2 Å². The molecule has 0 saturated heterocycles. The highest BCUT2D eigenvalue weighted by Crippen LogP contribution is 2.45. The average Bonchev–Trinajstić information content (AvgIpc) is 2.99. The summed E-state index contributed by atoms with van der Waals surface area (Å²) in [7, 11) is 0. The van der Waals surface area contributed by atoms with Gasteiger partial charge in [0.2, 0.25) is 0 Å². The second-order valence-electron chi connectivity index (χ2n) is 8.46. The third-order valence-corrected chi connectivity index (χ3v) is 5.78. The minimum absolute atomic E-state index is 0.105. The number of carbonyl (C=O) groups is 2. The van der Waals surface area contributed by atoms with E-state index < -0.39 is 0 Å². The molecule has 0 fully saturated rings. The van der Waals surface area contributed by atoms with Crippen molar-refractivity contribution in [1.82, 2.24) is 10.3 Å². The van der Waals surface area contributed by atoms with Crippen molar-refractivity contribution in [3.8, 4) is 0 Å². The summed E-state index contributed by atoms with van der Waals surface area (Å²) < 4.78 is 13.7. The highest BCUT2D eigenvalue weighted by Gasteiger charge is 2.44. The fourth-order valence-corrected chi connectivity index (χ4v) is 4.39. The fraction of sp³-hybridized carbons (Fsp3) is 0.348. The lowest BCUT2D eigenvalue weighted by Crippen LogP contribution is -2.42. The molecule has 2 heterocycles. The Balaban J connectivity index is 1.55. The van der Waals surface area contributed by atoms with Crippen molar-refractivity contribution < 1.29 is 14.0 Å². The van der Waals surface area contributed by atoms with Crippen molar-refractivity contribution in [2.24, 2.45) is 5.41 Å². The quantitative estimate of drug-likeness (QED) is 0.863. The Labute approximate surface area is 169 Å². The van der Waals surface area contributed by atoms with Crippen LogP contribution in [0.4, 0.5) is 10.1 Å². The minimum Gasteiger partial charge on any atom is -0.348 e. The smallest absolute Gasteiger partial charge is 0.270 e. The molecule has 5 nitrogen and oxygen atoms in total. The van der Waals surface area contributed by atoms with Crippen molar-refractivity contribution >= 4 is 17.5 Å². The van der Waals surface area contributed by atoms with Crippen LogP contribution in [0.2, 0.25) is 0 Å². The van der Waals surface area contributed by atoms with Gasteiger partial charge in [-0.25, -0.2) is 9.37 Å². The number of carbonyl (C=O) groups excluding carboxylic acids is 2. The molecule has 1 aliphatic carbocycles. The lowest BCUT2D eigenvalue weighted by atomic mass is 9.71. The first-order chi connectivity index (χ1) is 13.7. The Hall–Kier alpha value is -3.02. The van der Waals surface area contributed by atoms with Crippen LogP contribution >= 0.6 is 0 Å². The first kappa shape index (κ1) is 19.3. The molecule has 2 amide bonds. The van der Waals surface area contributed by atoms with Crippen LogP contribution in [0.5, 0.6) is 0 Å². The summed E-state index contributed by atoms with van der Waals surface area (Å²) in [6.45, 7) is 6.49. The number of pyridine rings is 1. The second kappa shape index (κ2) is 7.10. The van der Waals surface area contributed by atoms with Gasteiger partial charge in [-0.2, -0.15) is 0 Å². The minimum atomic E-state index is -0.366. The van der Waals surface area contributed by atoms with E-state index in [1.54, 1.807) is 29.2 Å². The van der Waals surface area contributed by atoms with Gasteiger partial charge in [-0.1, -0.05) is 26.0 Å². The van der Waals surface area contributed by atoms with E-state index >= 15 is 0 Å². The monoisotopic (exact) mass is 393 g/mol. The molecule has 6 heteroatoms. The molecule has 2 aliphatic rings. The summed E-state index contributed by atoms with van der Waals surface area (Å²) in [6.07, 6.45) is 1.20. The number of anilines is 1. The highest BCUT2D eigenvalue weighted by molar-refractivity contribution is 6.09. The third-order valence-electron chi connectivity index (χ3n) is 5.78. The molecule has 0 bridgehead atoms. The zero-order valence-electron chi connectivity index (χ0n) is 16.8. The molecule has 2 aromatic rings. The SMILES string of the molecule is Cc1cccc(C(=O)N[C@H]2CC3=C(CN(c4cccc(F)c4)C3=O)C(C)(C)C2)n1. The van der Waals surface area contributed by atoms with E-state index in [1.165, 1.54) is 12.1 Å². The van der Waals surface area contributed by atoms with Crippen LogP contribution in [0.15, 0.2) is 53.6 Å². The Morgan fingerprint density at radius 2 is 2.00 bits per heavy atom. The lowest BCUT2D eigenvalue weighted by Gasteiger charge is -2.36. The maximum absolute atomic E-state index is 13.7. The van der Waals surface area contributed by atoms with E-state index in [1.807, 2.05) is 13.0 Å². The number of hydrogen-bond donors (Lipinski definition) is 1. The van der Waals surface area contributed by atoms with Gasteiger partial charge in [0.15, 0.2) is 0 Å². The molecule has 1 aromatic heterocycles. The summed E-state index contributed by atoms with van der Waals surface area (Å²) in [5.41, 5.74) is 3.28. The average molecular weight is 393 g/mol. The molecule has 4 rings (SSSR count). The van der Waals surface area contributed by atoms with Crippen molar-refractivity contribution in [3.05, 3.63) is 70.8 Å². The maximum Gasteiger partial charge on any atom is 0.270 e. The molecule has 0 spiro atoms. The van der Waals surface area contributed by atoms with E-state index in [4.69, 9.17) is 0 Å². The maximum atomic E-state index is 13.7. The molecule has 1 aliphatic heterocycles. The fourth-order valence-electron chi connectivity index (χ4n) is 4.39. The Morgan fingerprint density at radius 3 is 2.72 bits per heavy atom. The van der Waals surface area contributed by atoms with Crippen molar-refractivity contribution in [3.63, 3.8) is 0 Å². The lowest BCUT2D eigenvalue weighted by molar-refractivity contribution is -0.114. The largest absolute Gasteiger partial charge is 0.348 e. The van der Waals surface area contributed by atoms with Crippen molar-refractivity contribution in [1.29, 1.82) is 0 Å². The van der Waals surface area contributed by atoms with Gasteiger partial charge in [-0.05, 0) is 61.1 Å². The topological polar surface area (TPSA) is 62.3 Å². The molecular formula is C23H24FN3O2. The molecule has 1 atom stereocenters. The zero-order chi connectivity index (χ0) is 20.8. The summed E-state index contributed by atoms with van der Waals surface area (Å²) in [5.74, 6) is -0.701. The summed E-state index contributed by atoms with van der Waals surface area (Å²) in [4.78, 5) is 31.7. The van der Waals surface area contributed by atoms with Crippen molar-refractivity contribution in [2.75, 3.05) is 11.4 Å². The van der Waals surface area contributed by atoms with Gasteiger partial charge >= 0.3 is 0 Å². The number of rotatable bonds is 3. The molecule has 29 heavy (non-hydrogen) atoms. The van der Waals surface area contributed by atoms with Gasteiger partial charge in [0, 0.05) is 29.5 Å². The summed E-state index contributed by atoms with van der Waals surface area (Å²) >= 11 is 0. The van der Waals surface area contributed by atoms with Crippen LogP contribution in [-0.4, -0.2) is 29.4 Å². The highest BCUT2D eigenvalue weighted by atomic mass is 19.1. The number of nitrogens with one attached hydrogen (secondary N) is 1. The van der Waals surface area contributed by atoms with Gasteiger partial charge < -0.3 is 10.2 Å². The Bertz CT molecular complexity index is 1030. The van der Waals surface area contributed by atoms with E-state index in [0.717, 1.165) is 23.3 Å². The number of benzene rings is 1. The van der Waals surface area contributed by atoms with Gasteiger partial charge in [0.25, 0.3) is 11.8 Å². The summed E-state index contributed by atoms with van der Waals surface area (Å²) in [5, 5.41) is 3.05. The third kappa shape index (κ3) is 3.67. The molecule has 0 saturated carbocycles. The normalized spacial score (nSPS) is 20.6. The predicted molar refractivity (Wildman–Crippen MR) is 109 cm³/mol. The van der Waals surface area contributed by atoms with Gasteiger partial charge in [-0.3, -0.25) is 9.59 Å². The van der Waals surface area contributed by atoms with Gasteiger partial charge in [0.05, 0.1) is 0 Å². The molecule has 1 N–H and O–H groups in total. The van der Waals surface area contributed by atoms with E-state index in [2.05, 4.69) is 24.1 Å². The number of aryl methyl sites for hydroxylation is 1. The van der Waals surface area contributed by atoms with E-state index in [-0.39, 0.29) is 29.1 Å². The Morgan fingerprint density at radius 1 is 1.24 bits per heavy atom. The molecule has 1 aromatic carbocycles. The van der Waals surface area contributed by atoms with E-state index in [9.17, 15) is 14.0 Å². The number of hydrogen-bond acceptors (Lipinski definition) is 3. The Kier molecular flexibility index (Phi) is 4.73. The van der Waals surface area contributed by atoms with Crippen LogP contribution < -0.4 is 10.2 Å². The zero-order valence-corrected chi connectivity index (χ0v) is 16.8. The van der Waals surface area contributed by atoms with Crippen LogP contribution in [-0.2, 0) is 4.79 Å². The van der Waals surface area contributed by atoms with Crippen LogP contribution in [0.1, 0.15) is 42.9 Å². The van der Waals surface area contributed by atoms with E-state index in [0.29, 0.717) is 24.3 Å². The van der Waals surface area contributed by atoms with Gasteiger partial charge in [-0.15, -0.1) is 0 Å². The first-order valence-corrected chi connectivity index (χ1v) is 9.79. The number of halogens is 1. The summed E-state index contributed by atoms with van der Waals surface area (Å²) in [6, 6.07) is 11.3. The van der Waals surface area contributed by atoms with Crippen molar-refractivity contribution in [2.45, 2.75) is 39.7 Å². The number of amides is 2. The second-order valence-corrected chi connectivity index (χ2v) is 8.46. The standard InChI is InChI=1S/C23H24FN3O2/c1-14-6-4-9-20(25-14)21(28)26-16-11-18-19(23(2,3)12-16)13-27(22(18)29)17-8-5-7-15(24)10-17/h4-10,16H,11-13H2,1-3H3,(H,26,28)/t16-/m0/s1. The predicted octanol–water partition coefficient (Wildman–Crippen LogP) is 3.79.